The van der Waals surface area contributed by atoms with Gasteiger partial charge >= 0.3 is 5.97 Å². The molecule has 0 aromatic carbocycles. The van der Waals surface area contributed by atoms with Gasteiger partial charge in [-0.05, 0) is 26.7 Å². The van der Waals surface area contributed by atoms with E-state index in [1.54, 1.807) is 6.92 Å². The highest BCUT2D eigenvalue weighted by atomic mass is 16.5. The third kappa shape index (κ3) is 6.74. The molecule has 0 bridgehead atoms. The van der Waals surface area contributed by atoms with Crippen molar-refractivity contribution in [1.82, 2.24) is 9.97 Å². The monoisotopic (exact) mass is 268 g/mol. The highest BCUT2D eigenvalue weighted by Gasteiger charge is 2.06. The number of hydrogen-bond acceptors (Lipinski definition) is 4. The van der Waals surface area contributed by atoms with E-state index in [1.807, 2.05) is 13.8 Å². The van der Waals surface area contributed by atoms with E-state index in [2.05, 4.69) is 21.6 Å². The number of carbonyl (C=O) groups excluding carboxylic acids is 1. The quantitative estimate of drug-likeness (QED) is 0.849. The van der Waals surface area contributed by atoms with Crippen LogP contribution < -0.4 is 5.56 Å². The van der Waals surface area contributed by atoms with Crippen molar-refractivity contribution in [3.63, 3.8) is 0 Å². The van der Waals surface area contributed by atoms with E-state index in [9.17, 15) is 9.59 Å². The van der Waals surface area contributed by atoms with Crippen molar-refractivity contribution in [2.45, 2.75) is 53.9 Å². The Balaban J connectivity index is 0.000000459. The molecule has 0 atom stereocenters. The minimum absolute atomic E-state index is 0.0263. The van der Waals surface area contributed by atoms with Crippen LogP contribution >= 0.6 is 0 Å². The highest BCUT2D eigenvalue weighted by Crippen LogP contribution is 2.04. The lowest BCUT2D eigenvalue weighted by Crippen LogP contribution is -2.18. The fraction of sp³-hybridized carbons (Fsp3) is 0.643. The molecule has 0 fully saturated rings. The van der Waals surface area contributed by atoms with Crippen LogP contribution in [0.15, 0.2) is 4.79 Å². The molecule has 5 nitrogen and oxygen atoms in total. The largest absolute Gasteiger partial charge is 0.466 e. The number of rotatable bonds is 4. The van der Waals surface area contributed by atoms with Crippen molar-refractivity contribution in [2.24, 2.45) is 0 Å². The van der Waals surface area contributed by atoms with Crippen molar-refractivity contribution in [2.75, 3.05) is 6.61 Å². The normalized spacial score (nSPS) is 9.53. The summed E-state index contributed by atoms with van der Waals surface area (Å²) in [5, 5.41) is 0. The topological polar surface area (TPSA) is 72.1 Å². The number of hydrogen-bond donors (Lipinski definition) is 1. The van der Waals surface area contributed by atoms with Crippen LogP contribution in [0.5, 0.6) is 0 Å². The number of ether oxygens (including phenoxy) is 1. The molecule has 19 heavy (non-hydrogen) atoms. The minimum atomic E-state index is -0.211. The number of esters is 1. The molecule has 108 valence electrons. The van der Waals surface area contributed by atoms with Gasteiger partial charge in [0.15, 0.2) is 0 Å². The molecular weight excluding hydrogens is 244 g/mol. The van der Waals surface area contributed by atoms with Crippen LogP contribution in [0.4, 0.5) is 0 Å². The molecule has 1 aromatic heterocycles. The molecule has 1 aromatic rings. The third-order valence-electron chi connectivity index (χ3n) is 2.41. The molecular formula is C14H24N2O3. The maximum Gasteiger partial charge on any atom is 0.302 e. The summed E-state index contributed by atoms with van der Waals surface area (Å²) in [6.45, 7) is 9.55. The number of aromatic amines is 1. The average Bonchev–Trinajstić information content (AvgIpc) is 2.29. The first kappa shape index (κ1) is 17.4. The lowest BCUT2D eigenvalue weighted by Gasteiger charge is -2.05. The number of H-pyrrole nitrogens is 1. The number of aromatic nitrogens is 2. The van der Waals surface area contributed by atoms with Crippen LogP contribution in [0.25, 0.3) is 0 Å². The van der Waals surface area contributed by atoms with E-state index in [1.165, 1.54) is 6.92 Å². The Labute approximate surface area is 114 Å². The fourth-order valence-electron chi connectivity index (χ4n) is 1.68. The van der Waals surface area contributed by atoms with Gasteiger partial charge in [0, 0.05) is 12.5 Å². The fourth-order valence-corrected chi connectivity index (χ4v) is 1.68. The highest BCUT2D eigenvalue weighted by molar-refractivity contribution is 5.65. The first-order valence-corrected chi connectivity index (χ1v) is 6.68. The standard InChI is InChI=1S/C10H16N2O.C4H8O2/c1-4-6-9-8(5-2)10(13)12-7(3)11-9;1-3-6-4(2)5/h4-6H2,1-3H3,(H,11,12,13);3H2,1-2H3. The molecule has 0 amide bonds. The van der Waals surface area contributed by atoms with Crippen LogP contribution in [-0.4, -0.2) is 22.5 Å². The summed E-state index contributed by atoms with van der Waals surface area (Å²) in [4.78, 5) is 28.4. The molecule has 0 radical (unpaired) electrons. The number of aryl methyl sites for hydroxylation is 2. The van der Waals surface area contributed by atoms with Gasteiger partial charge in [-0.1, -0.05) is 20.3 Å². The van der Waals surface area contributed by atoms with E-state index in [-0.39, 0.29) is 11.5 Å². The second-order valence-corrected chi connectivity index (χ2v) is 4.10. The zero-order valence-corrected chi connectivity index (χ0v) is 12.5. The van der Waals surface area contributed by atoms with E-state index < -0.39 is 0 Å². The van der Waals surface area contributed by atoms with Crippen molar-refractivity contribution >= 4 is 5.97 Å². The van der Waals surface area contributed by atoms with Gasteiger partial charge in [-0.3, -0.25) is 9.59 Å². The first-order valence-electron chi connectivity index (χ1n) is 6.68. The van der Waals surface area contributed by atoms with E-state index in [0.29, 0.717) is 12.4 Å². The summed E-state index contributed by atoms with van der Waals surface area (Å²) in [7, 11) is 0. The Hall–Kier alpha value is -1.65. The lowest BCUT2D eigenvalue weighted by atomic mass is 10.1. The molecule has 5 heteroatoms. The van der Waals surface area contributed by atoms with Crippen molar-refractivity contribution in [1.29, 1.82) is 0 Å². The third-order valence-corrected chi connectivity index (χ3v) is 2.41. The second kappa shape index (κ2) is 9.30. The molecule has 0 aliphatic rings. The lowest BCUT2D eigenvalue weighted by molar-refractivity contribution is -0.140. The summed E-state index contributed by atoms with van der Waals surface area (Å²) in [6.07, 6.45) is 2.69. The van der Waals surface area contributed by atoms with Gasteiger partial charge in [-0.2, -0.15) is 0 Å². The summed E-state index contributed by atoms with van der Waals surface area (Å²) < 4.78 is 4.40. The zero-order chi connectivity index (χ0) is 14.8. The van der Waals surface area contributed by atoms with Gasteiger partial charge in [-0.15, -0.1) is 0 Å². The van der Waals surface area contributed by atoms with Crippen LogP contribution in [0.1, 0.15) is 51.2 Å². The van der Waals surface area contributed by atoms with Crippen LogP contribution in [-0.2, 0) is 22.4 Å². The van der Waals surface area contributed by atoms with Gasteiger partial charge in [0.25, 0.3) is 5.56 Å². The van der Waals surface area contributed by atoms with Gasteiger partial charge in [0.2, 0.25) is 0 Å². The Kier molecular flexibility index (Phi) is 8.49. The molecule has 1 rings (SSSR count). The second-order valence-electron chi connectivity index (χ2n) is 4.10. The van der Waals surface area contributed by atoms with Crippen LogP contribution in [0.3, 0.4) is 0 Å². The molecule has 1 N–H and O–H groups in total. The van der Waals surface area contributed by atoms with Gasteiger partial charge < -0.3 is 9.72 Å². The maximum atomic E-state index is 11.5. The molecule has 0 aliphatic carbocycles. The Bertz CT molecular complexity index is 452. The predicted molar refractivity (Wildman–Crippen MR) is 75.3 cm³/mol. The molecule has 0 unspecified atom stereocenters. The Morgan fingerprint density at radius 2 is 1.95 bits per heavy atom. The summed E-state index contributed by atoms with van der Waals surface area (Å²) in [5.41, 5.74) is 1.83. The molecule has 0 aliphatic heterocycles. The summed E-state index contributed by atoms with van der Waals surface area (Å²) >= 11 is 0. The van der Waals surface area contributed by atoms with Crippen molar-refractivity contribution in [3.05, 3.63) is 27.4 Å². The minimum Gasteiger partial charge on any atom is -0.466 e. The molecule has 0 spiro atoms. The number of carbonyl (C=O) groups is 1. The molecule has 0 saturated carbocycles. The van der Waals surface area contributed by atoms with Crippen LogP contribution in [0.2, 0.25) is 0 Å². The molecule has 1 heterocycles. The van der Waals surface area contributed by atoms with Crippen LogP contribution in [0, 0.1) is 6.92 Å². The maximum absolute atomic E-state index is 11.5. The van der Waals surface area contributed by atoms with Crippen molar-refractivity contribution in [3.8, 4) is 0 Å². The van der Waals surface area contributed by atoms with Gasteiger partial charge in [0.05, 0.1) is 12.3 Å². The van der Waals surface area contributed by atoms with E-state index in [4.69, 9.17) is 0 Å². The van der Waals surface area contributed by atoms with E-state index in [0.717, 1.165) is 30.5 Å². The Morgan fingerprint density at radius 1 is 1.32 bits per heavy atom. The average molecular weight is 268 g/mol. The van der Waals surface area contributed by atoms with Gasteiger partial charge in [0.1, 0.15) is 5.82 Å². The predicted octanol–water partition coefficient (Wildman–Crippen LogP) is 2.16. The Morgan fingerprint density at radius 3 is 2.32 bits per heavy atom. The summed E-state index contributed by atoms with van der Waals surface area (Å²) in [6, 6.07) is 0. The first-order chi connectivity index (χ1) is 8.96. The van der Waals surface area contributed by atoms with Gasteiger partial charge in [-0.25, -0.2) is 4.98 Å². The smallest absolute Gasteiger partial charge is 0.302 e. The van der Waals surface area contributed by atoms with Crippen molar-refractivity contribution < 1.29 is 9.53 Å². The number of nitrogens with one attached hydrogen (secondary N) is 1. The van der Waals surface area contributed by atoms with E-state index >= 15 is 0 Å². The molecule has 0 saturated heterocycles. The summed E-state index contributed by atoms with van der Waals surface area (Å²) in [5.74, 6) is 0.503. The zero-order valence-electron chi connectivity index (χ0n) is 12.5. The number of nitrogens with zero attached hydrogens (tertiary/aromatic N) is 1. The SMILES string of the molecule is CCCc1nc(C)[nH]c(=O)c1CC.CCOC(C)=O.